The molecule has 0 saturated carbocycles. The highest BCUT2D eigenvalue weighted by Crippen LogP contribution is 2.32. The van der Waals surface area contributed by atoms with E-state index in [1.807, 2.05) is 54.6 Å². The summed E-state index contributed by atoms with van der Waals surface area (Å²) in [5, 5.41) is 14.6. The zero-order valence-corrected chi connectivity index (χ0v) is 20.7. The second kappa shape index (κ2) is 9.19. The van der Waals surface area contributed by atoms with E-state index in [1.165, 1.54) is 0 Å². The zero-order valence-electron chi connectivity index (χ0n) is 20.7. The van der Waals surface area contributed by atoms with Crippen LogP contribution in [0.2, 0.25) is 0 Å². The van der Waals surface area contributed by atoms with Gasteiger partial charge in [0.05, 0.1) is 17.9 Å². The van der Waals surface area contributed by atoms with E-state index < -0.39 is 0 Å². The minimum absolute atomic E-state index is 0.00354. The van der Waals surface area contributed by atoms with Gasteiger partial charge in [-0.25, -0.2) is 0 Å². The SMILES string of the molecule is CCn1c2ccc(C(=O)c3ccc(N4CC(C)OC(C)C4)cc3)cc2c2cc(C(C)=NO)ccc21. The smallest absolute Gasteiger partial charge is 0.193 e. The normalized spacial score (nSPS) is 19.0. The van der Waals surface area contributed by atoms with Gasteiger partial charge in [0.2, 0.25) is 0 Å². The van der Waals surface area contributed by atoms with Crippen LogP contribution >= 0.6 is 0 Å². The molecular formula is C29H31N3O3. The number of anilines is 1. The molecule has 6 heteroatoms. The second-order valence-electron chi connectivity index (χ2n) is 9.43. The van der Waals surface area contributed by atoms with Crippen molar-refractivity contribution < 1.29 is 14.7 Å². The van der Waals surface area contributed by atoms with Crippen LogP contribution < -0.4 is 4.90 Å². The Balaban J connectivity index is 1.50. The highest BCUT2D eigenvalue weighted by molar-refractivity contribution is 6.16. The number of fused-ring (bicyclic) bond motifs is 3. The van der Waals surface area contributed by atoms with Crippen molar-refractivity contribution in [2.45, 2.75) is 46.4 Å². The first-order valence-electron chi connectivity index (χ1n) is 12.2. The molecule has 0 aliphatic carbocycles. The van der Waals surface area contributed by atoms with E-state index in [9.17, 15) is 10.0 Å². The Morgan fingerprint density at radius 3 is 2.03 bits per heavy atom. The Morgan fingerprint density at radius 1 is 0.914 bits per heavy atom. The van der Waals surface area contributed by atoms with Gasteiger partial charge >= 0.3 is 0 Å². The van der Waals surface area contributed by atoms with E-state index in [2.05, 4.69) is 41.5 Å². The molecule has 6 nitrogen and oxygen atoms in total. The van der Waals surface area contributed by atoms with Gasteiger partial charge in [-0.3, -0.25) is 4.79 Å². The number of ketones is 1. The Morgan fingerprint density at radius 2 is 1.46 bits per heavy atom. The lowest BCUT2D eigenvalue weighted by atomic mass is 10.00. The molecule has 1 aliphatic heterocycles. The monoisotopic (exact) mass is 469 g/mol. The number of aryl methyl sites for hydroxylation is 1. The third kappa shape index (κ3) is 4.19. The highest BCUT2D eigenvalue weighted by atomic mass is 16.5. The fourth-order valence-corrected chi connectivity index (χ4v) is 5.25. The van der Waals surface area contributed by atoms with Crippen LogP contribution in [0.3, 0.4) is 0 Å². The molecule has 3 aromatic carbocycles. The summed E-state index contributed by atoms with van der Waals surface area (Å²) >= 11 is 0. The van der Waals surface area contributed by atoms with E-state index >= 15 is 0 Å². The number of morpholine rings is 1. The van der Waals surface area contributed by atoms with Crippen molar-refractivity contribution in [3.8, 4) is 0 Å². The Labute approximate surface area is 205 Å². The number of aromatic nitrogens is 1. The summed E-state index contributed by atoms with van der Waals surface area (Å²) in [5.41, 5.74) is 6.03. The molecule has 180 valence electrons. The van der Waals surface area contributed by atoms with Gasteiger partial charge < -0.3 is 19.4 Å². The first kappa shape index (κ1) is 23.1. The number of rotatable bonds is 5. The van der Waals surface area contributed by atoms with Crippen LogP contribution in [0.4, 0.5) is 5.69 Å². The van der Waals surface area contributed by atoms with Crippen molar-refractivity contribution in [3.63, 3.8) is 0 Å². The highest BCUT2D eigenvalue weighted by Gasteiger charge is 2.23. The minimum Gasteiger partial charge on any atom is -0.411 e. The van der Waals surface area contributed by atoms with Crippen LogP contribution in [0.1, 0.15) is 49.2 Å². The Bertz CT molecular complexity index is 1430. The molecule has 0 radical (unpaired) electrons. The molecule has 1 N–H and O–H groups in total. The van der Waals surface area contributed by atoms with Crippen molar-refractivity contribution in [3.05, 3.63) is 77.4 Å². The molecule has 2 heterocycles. The molecule has 2 unspecified atom stereocenters. The van der Waals surface area contributed by atoms with Gasteiger partial charge in [0, 0.05) is 58.3 Å². The average molecular weight is 470 g/mol. The van der Waals surface area contributed by atoms with Gasteiger partial charge in [-0.15, -0.1) is 0 Å². The number of nitrogens with zero attached hydrogens (tertiary/aromatic N) is 3. The van der Waals surface area contributed by atoms with E-state index in [4.69, 9.17) is 4.74 Å². The lowest BCUT2D eigenvalue weighted by Gasteiger charge is -2.36. The first-order chi connectivity index (χ1) is 16.9. The molecule has 1 aliphatic rings. The summed E-state index contributed by atoms with van der Waals surface area (Å²) in [7, 11) is 0. The molecule has 0 bridgehead atoms. The van der Waals surface area contributed by atoms with E-state index in [0.717, 1.165) is 52.7 Å². The fourth-order valence-electron chi connectivity index (χ4n) is 5.25. The van der Waals surface area contributed by atoms with E-state index in [1.54, 1.807) is 6.92 Å². The molecular weight excluding hydrogens is 438 g/mol. The number of carbonyl (C=O) groups is 1. The van der Waals surface area contributed by atoms with Crippen molar-refractivity contribution in [1.82, 2.24) is 4.57 Å². The van der Waals surface area contributed by atoms with Crippen molar-refractivity contribution in [1.29, 1.82) is 0 Å². The molecule has 1 saturated heterocycles. The zero-order chi connectivity index (χ0) is 24.7. The summed E-state index contributed by atoms with van der Waals surface area (Å²) in [6.07, 6.45) is 0.370. The van der Waals surface area contributed by atoms with Crippen LogP contribution in [-0.2, 0) is 11.3 Å². The van der Waals surface area contributed by atoms with Crippen molar-refractivity contribution >= 4 is 39.0 Å². The van der Waals surface area contributed by atoms with Gasteiger partial charge in [0.1, 0.15) is 0 Å². The second-order valence-corrected chi connectivity index (χ2v) is 9.43. The third-order valence-electron chi connectivity index (χ3n) is 6.93. The lowest BCUT2D eigenvalue weighted by Crippen LogP contribution is -2.45. The molecule has 0 spiro atoms. The van der Waals surface area contributed by atoms with Crippen LogP contribution in [0.5, 0.6) is 0 Å². The van der Waals surface area contributed by atoms with Gasteiger partial charge in [-0.05, 0) is 87.9 Å². The van der Waals surface area contributed by atoms with Crippen LogP contribution in [0.25, 0.3) is 21.8 Å². The Hall–Kier alpha value is -3.64. The number of benzene rings is 3. The molecule has 35 heavy (non-hydrogen) atoms. The average Bonchev–Trinajstić information content (AvgIpc) is 3.19. The topological polar surface area (TPSA) is 67.1 Å². The van der Waals surface area contributed by atoms with E-state index in [0.29, 0.717) is 16.8 Å². The van der Waals surface area contributed by atoms with Crippen LogP contribution in [-0.4, -0.2) is 46.6 Å². The number of ether oxygens (including phenoxy) is 1. The maximum atomic E-state index is 13.4. The summed E-state index contributed by atoms with van der Waals surface area (Å²) in [6, 6.07) is 19.9. The van der Waals surface area contributed by atoms with Crippen molar-refractivity contribution in [2.24, 2.45) is 5.16 Å². The van der Waals surface area contributed by atoms with Crippen LogP contribution in [0.15, 0.2) is 65.8 Å². The first-order valence-corrected chi connectivity index (χ1v) is 12.2. The molecule has 5 rings (SSSR count). The third-order valence-corrected chi connectivity index (χ3v) is 6.93. The van der Waals surface area contributed by atoms with Crippen molar-refractivity contribution in [2.75, 3.05) is 18.0 Å². The molecule has 1 aromatic heterocycles. The summed E-state index contributed by atoms with van der Waals surface area (Å²) < 4.78 is 8.09. The largest absolute Gasteiger partial charge is 0.411 e. The van der Waals surface area contributed by atoms with Crippen LogP contribution in [0, 0.1) is 0 Å². The quantitative estimate of drug-likeness (QED) is 0.172. The maximum Gasteiger partial charge on any atom is 0.193 e. The maximum absolute atomic E-state index is 13.4. The van der Waals surface area contributed by atoms with Gasteiger partial charge in [-0.1, -0.05) is 11.2 Å². The lowest BCUT2D eigenvalue weighted by molar-refractivity contribution is -0.00522. The molecule has 1 fully saturated rings. The van der Waals surface area contributed by atoms with E-state index in [-0.39, 0.29) is 18.0 Å². The number of hydrogen-bond donors (Lipinski definition) is 1. The molecule has 2 atom stereocenters. The van der Waals surface area contributed by atoms with Gasteiger partial charge in [0.25, 0.3) is 0 Å². The summed E-state index contributed by atoms with van der Waals surface area (Å²) in [5.74, 6) is 0.00354. The minimum atomic E-state index is 0.00354. The molecule has 0 amide bonds. The number of hydrogen-bond acceptors (Lipinski definition) is 5. The fraction of sp³-hybridized carbons (Fsp3) is 0.310. The van der Waals surface area contributed by atoms with Gasteiger partial charge in [0.15, 0.2) is 5.78 Å². The predicted molar refractivity (Wildman–Crippen MR) is 141 cm³/mol. The predicted octanol–water partition coefficient (Wildman–Crippen LogP) is 5.86. The standard InChI is InChI=1S/C29H31N3O3/c1-5-32-27-12-8-22(20(4)30-34)14-25(27)26-15-23(9-13-28(26)32)29(33)21-6-10-24(11-7-21)31-16-18(2)35-19(3)17-31/h6-15,18-19,34H,5,16-17H2,1-4H3. The number of carbonyl (C=O) groups excluding carboxylic acids is 1. The summed E-state index contributed by atoms with van der Waals surface area (Å²) in [6.45, 7) is 10.6. The molecule has 4 aromatic rings. The summed E-state index contributed by atoms with van der Waals surface area (Å²) in [4.78, 5) is 15.7. The van der Waals surface area contributed by atoms with Gasteiger partial charge in [-0.2, -0.15) is 0 Å². The Kier molecular flexibility index (Phi) is 6.07. The number of oxime groups is 1.